The summed E-state index contributed by atoms with van der Waals surface area (Å²) in [5, 5.41) is 8.32. The van der Waals surface area contributed by atoms with Gasteiger partial charge in [-0.1, -0.05) is 26.7 Å². The molecule has 0 aliphatic heterocycles. The summed E-state index contributed by atoms with van der Waals surface area (Å²) in [5.41, 5.74) is 3.85. The fourth-order valence-electron chi connectivity index (χ4n) is 3.52. The van der Waals surface area contributed by atoms with Crippen LogP contribution in [-0.4, -0.2) is 15.8 Å². The Bertz CT molecular complexity index is 420. The average Bonchev–Trinajstić information content (AvgIpc) is 2.61. The second kappa shape index (κ2) is 6.08. The zero-order valence-electron chi connectivity index (χ0n) is 13.2. The highest BCUT2D eigenvalue weighted by molar-refractivity contribution is 5.24. The minimum atomic E-state index is 0.688. The molecule has 1 aromatic heterocycles. The molecule has 108 valence electrons. The Morgan fingerprint density at radius 3 is 2.53 bits per heavy atom. The number of nitrogens with zero attached hydrogens (tertiary/aromatic N) is 2. The molecule has 0 amide bonds. The van der Waals surface area contributed by atoms with Crippen molar-refractivity contribution in [3.05, 3.63) is 17.0 Å². The molecule has 2 atom stereocenters. The van der Waals surface area contributed by atoms with Crippen molar-refractivity contribution in [1.82, 2.24) is 15.1 Å². The van der Waals surface area contributed by atoms with Gasteiger partial charge in [0.2, 0.25) is 0 Å². The van der Waals surface area contributed by atoms with E-state index in [0.29, 0.717) is 6.04 Å². The van der Waals surface area contributed by atoms with Crippen LogP contribution in [0, 0.1) is 25.7 Å². The van der Waals surface area contributed by atoms with Gasteiger partial charge in [0.15, 0.2) is 0 Å². The summed E-state index contributed by atoms with van der Waals surface area (Å²) in [5.74, 6) is 1.62. The first-order chi connectivity index (χ1) is 9.00. The molecule has 0 aromatic carbocycles. The minimum absolute atomic E-state index is 0.688. The van der Waals surface area contributed by atoms with Crippen LogP contribution in [0.4, 0.5) is 0 Å². The summed E-state index contributed by atoms with van der Waals surface area (Å²) in [6.07, 6.45) is 5.51. The van der Waals surface area contributed by atoms with E-state index in [1.165, 1.54) is 42.6 Å². The van der Waals surface area contributed by atoms with E-state index in [4.69, 9.17) is 0 Å². The first-order valence-corrected chi connectivity index (χ1v) is 7.73. The molecule has 2 rings (SSSR count). The molecular formula is C16H29N3. The van der Waals surface area contributed by atoms with Crippen LogP contribution in [0.15, 0.2) is 0 Å². The molecule has 19 heavy (non-hydrogen) atoms. The number of hydrogen-bond donors (Lipinski definition) is 1. The highest BCUT2D eigenvalue weighted by atomic mass is 15.3. The van der Waals surface area contributed by atoms with Crippen LogP contribution < -0.4 is 5.32 Å². The molecule has 1 fully saturated rings. The molecule has 1 aliphatic carbocycles. The molecule has 3 nitrogen and oxygen atoms in total. The maximum atomic E-state index is 4.51. The Morgan fingerprint density at radius 2 is 1.95 bits per heavy atom. The van der Waals surface area contributed by atoms with Crippen LogP contribution >= 0.6 is 0 Å². The molecule has 1 saturated carbocycles. The predicted octanol–water partition coefficient (Wildman–Crippen LogP) is 3.34. The van der Waals surface area contributed by atoms with Gasteiger partial charge in [0, 0.05) is 30.9 Å². The fourth-order valence-corrected chi connectivity index (χ4v) is 3.52. The number of nitrogens with one attached hydrogen (secondary N) is 1. The monoisotopic (exact) mass is 263 g/mol. The maximum absolute atomic E-state index is 4.51. The molecule has 0 spiro atoms. The quantitative estimate of drug-likeness (QED) is 0.903. The molecule has 0 bridgehead atoms. The van der Waals surface area contributed by atoms with Gasteiger partial charge in [-0.25, -0.2) is 0 Å². The molecule has 1 aromatic rings. The van der Waals surface area contributed by atoms with Gasteiger partial charge in [-0.15, -0.1) is 0 Å². The third-order valence-electron chi connectivity index (χ3n) is 4.88. The van der Waals surface area contributed by atoms with E-state index < -0.39 is 0 Å². The Labute approximate surface area is 117 Å². The van der Waals surface area contributed by atoms with Crippen LogP contribution in [0.2, 0.25) is 0 Å². The highest BCUT2D eigenvalue weighted by Crippen LogP contribution is 2.30. The maximum Gasteiger partial charge on any atom is 0.0641 e. The normalized spacial score (nSPS) is 24.1. The van der Waals surface area contributed by atoms with Crippen molar-refractivity contribution in [1.29, 1.82) is 0 Å². The van der Waals surface area contributed by atoms with E-state index >= 15 is 0 Å². The van der Waals surface area contributed by atoms with E-state index in [2.05, 4.69) is 38.1 Å². The van der Waals surface area contributed by atoms with Crippen molar-refractivity contribution in [2.45, 2.75) is 66.0 Å². The van der Waals surface area contributed by atoms with Crippen LogP contribution in [0.1, 0.15) is 56.5 Å². The number of aryl methyl sites for hydroxylation is 2. The van der Waals surface area contributed by atoms with E-state index in [1.54, 1.807) is 0 Å². The van der Waals surface area contributed by atoms with Gasteiger partial charge in [-0.05, 0) is 38.5 Å². The standard InChI is InChI=1S/C16H29N3/c1-11(2)14-8-6-7-9-16(14)17-10-15-12(3)18-19(5)13(15)4/h11,14,16-17H,6-10H2,1-5H3. The van der Waals surface area contributed by atoms with Crippen molar-refractivity contribution in [2.24, 2.45) is 18.9 Å². The average molecular weight is 263 g/mol. The topological polar surface area (TPSA) is 29.9 Å². The largest absolute Gasteiger partial charge is 0.310 e. The smallest absolute Gasteiger partial charge is 0.0641 e. The summed E-state index contributed by atoms with van der Waals surface area (Å²) in [4.78, 5) is 0. The SMILES string of the molecule is Cc1nn(C)c(C)c1CNC1CCCCC1C(C)C. The van der Waals surface area contributed by atoms with E-state index in [0.717, 1.165) is 18.4 Å². The van der Waals surface area contributed by atoms with E-state index in [-0.39, 0.29) is 0 Å². The fraction of sp³-hybridized carbons (Fsp3) is 0.812. The molecule has 0 saturated heterocycles. The summed E-state index contributed by atoms with van der Waals surface area (Å²) in [6.45, 7) is 9.98. The zero-order chi connectivity index (χ0) is 14.0. The van der Waals surface area contributed by atoms with Crippen molar-refractivity contribution in [3.63, 3.8) is 0 Å². The zero-order valence-corrected chi connectivity index (χ0v) is 13.2. The van der Waals surface area contributed by atoms with Gasteiger partial charge in [0.25, 0.3) is 0 Å². The Balaban J connectivity index is 2.00. The summed E-state index contributed by atoms with van der Waals surface area (Å²) in [7, 11) is 2.03. The van der Waals surface area contributed by atoms with Crippen molar-refractivity contribution in [2.75, 3.05) is 0 Å². The number of hydrogen-bond acceptors (Lipinski definition) is 2. The van der Waals surface area contributed by atoms with Crippen molar-refractivity contribution >= 4 is 0 Å². The minimum Gasteiger partial charge on any atom is -0.310 e. The van der Waals surface area contributed by atoms with E-state index in [1.807, 2.05) is 11.7 Å². The molecule has 1 aliphatic rings. The van der Waals surface area contributed by atoms with Crippen molar-refractivity contribution < 1.29 is 0 Å². The molecule has 2 unspecified atom stereocenters. The lowest BCUT2D eigenvalue weighted by atomic mass is 9.78. The molecule has 0 radical (unpaired) electrons. The lowest BCUT2D eigenvalue weighted by Gasteiger charge is -2.35. The Morgan fingerprint density at radius 1 is 1.26 bits per heavy atom. The molecular weight excluding hydrogens is 234 g/mol. The van der Waals surface area contributed by atoms with Gasteiger partial charge < -0.3 is 5.32 Å². The summed E-state index contributed by atoms with van der Waals surface area (Å²) < 4.78 is 1.99. The van der Waals surface area contributed by atoms with Gasteiger partial charge >= 0.3 is 0 Å². The van der Waals surface area contributed by atoms with E-state index in [9.17, 15) is 0 Å². The summed E-state index contributed by atoms with van der Waals surface area (Å²) in [6, 6.07) is 0.688. The van der Waals surface area contributed by atoms with Gasteiger partial charge in [-0.2, -0.15) is 5.10 Å². The predicted molar refractivity (Wildman–Crippen MR) is 80.1 cm³/mol. The summed E-state index contributed by atoms with van der Waals surface area (Å²) >= 11 is 0. The number of aromatic nitrogens is 2. The van der Waals surface area contributed by atoms with Gasteiger partial charge in [-0.3, -0.25) is 4.68 Å². The molecule has 1 N–H and O–H groups in total. The number of rotatable bonds is 4. The lowest BCUT2D eigenvalue weighted by molar-refractivity contribution is 0.204. The molecule has 3 heteroatoms. The highest BCUT2D eigenvalue weighted by Gasteiger charge is 2.27. The van der Waals surface area contributed by atoms with Crippen LogP contribution in [0.5, 0.6) is 0 Å². The van der Waals surface area contributed by atoms with Crippen molar-refractivity contribution in [3.8, 4) is 0 Å². The second-order valence-electron chi connectivity index (χ2n) is 6.45. The first kappa shape index (κ1) is 14.6. The van der Waals surface area contributed by atoms with Gasteiger partial charge in [0.1, 0.15) is 0 Å². The lowest BCUT2D eigenvalue weighted by Crippen LogP contribution is -2.40. The van der Waals surface area contributed by atoms with Crippen LogP contribution in [0.25, 0.3) is 0 Å². The van der Waals surface area contributed by atoms with Crippen LogP contribution in [0.3, 0.4) is 0 Å². The third kappa shape index (κ3) is 3.19. The second-order valence-corrected chi connectivity index (χ2v) is 6.45. The third-order valence-corrected chi connectivity index (χ3v) is 4.88. The van der Waals surface area contributed by atoms with Gasteiger partial charge in [0.05, 0.1) is 5.69 Å². The first-order valence-electron chi connectivity index (χ1n) is 7.73. The Hall–Kier alpha value is -0.830. The molecule has 1 heterocycles. The Kier molecular flexibility index (Phi) is 4.67. The van der Waals surface area contributed by atoms with Crippen LogP contribution in [-0.2, 0) is 13.6 Å².